The topological polar surface area (TPSA) is 80.1 Å². The van der Waals surface area contributed by atoms with Crippen LogP contribution >= 0.6 is 0 Å². The highest BCUT2D eigenvalue weighted by molar-refractivity contribution is 5.56. The Labute approximate surface area is 143 Å². The van der Waals surface area contributed by atoms with E-state index in [4.69, 9.17) is 9.15 Å². The van der Waals surface area contributed by atoms with Crippen molar-refractivity contribution in [3.8, 4) is 11.3 Å². The summed E-state index contributed by atoms with van der Waals surface area (Å²) >= 11 is 0. The van der Waals surface area contributed by atoms with E-state index in [-0.39, 0.29) is 17.8 Å². The summed E-state index contributed by atoms with van der Waals surface area (Å²) in [5.41, 5.74) is 1.57. The van der Waals surface area contributed by atoms with Crippen molar-refractivity contribution < 1.29 is 13.5 Å². The number of nitrogens with zero attached hydrogens (tertiary/aromatic N) is 4. The number of nitrogens with one attached hydrogen (secondary N) is 1. The zero-order valence-electron chi connectivity index (χ0n) is 13.7. The highest BCUT2D eigenvalue weighted by Crippen LogP contribution is 2.29. The van der Waals surface area contributed by atoms with Gasteiger partial charge < -0.3 is 9.15 Å². The summed E-state index contributed by atoms with van der Waals surface area (Å²) in [6, 6.07) is 6.28. The van der Waals surface area contributed by atoms with Crippen LogP contribution in [-0.2, 0) is 11.3 Å². The third-order valence-electron chi connectivity index (χ3n) is 4.48. The Morgan fingerprint density at radius 1 is 1.36 bits per heavy atom. The minimum atomic E-state index is -0.298. The summed E-state index contributed by atoms with van der Waals surface area (Å²) in [6.07, 6.45) is 3.40. The van der Waals surface area contributed by atoms with Gasteiger partial charge in [-0.25, -0.2) is 9.37 Å². The van der Waals surface area contributed by atoms with E-state index in [2.05, 4.69) is 25.3 Å². The Bertz CT molecular complexity index is 835. The van der Waals surface area contributed by atoms with Crippen LogP contribution in [0, 0.1) is 5.82 Å². The van der Waals surface area contributed by atoms with Crippen LogP contribution in [0.5, 0.6) is 0 Å². The zero-order valence-corrected chi connectivity index (χ0v) is 13.7. The Morgan fingerprint density at radius 3 is 3.04 bits per heavy atom. The van der Waals surface area contributed by atoms with E-state index in [9.17, 15) is 4.39 Å². The number of aromatic nitrogens is 4. The van der Waals surface area contributed by atoms with E-state index in [1.54, 1.807) is 31.6 Å². The number of benzene rings is 1. The number of ether oxygens (including phenoxy) is 1. The number of halogens is 1. The standard InChI is InChI=1S/C17H18FN5O2/c1-24-16-9-23(8-13(16)14-6-20-22-21-14)10-17-19-7-15(25-17)11-3-2-4-12(18)5-11/h2-7,13,16H,8-10H2,1H3,(H,20,21,22)/t13-,16+/m0/s1. The predicted molar refractivity (Wildman–Crippen MR) is 87.1 cm³/mol. The second kappa shape index (κ2) is 6.73. The number of methoxy groups -OCH3 is 1. The summed E-state index contributed by atoms with van der Waals surface area (Å²) in [5, 5.41) is 10.7. The van der Waals surface area contributed by atoms with Crippen LogP contribution in [-0.4, -0.2) is 51.6 Å². The minimum absolute atomic E-state index is 0.0442. The van der Waals surface area contributed by atoms with Gasteiger partial charge in [0.15, 0.2) is 5.76 Å². The molecule has 4 rings (SSSR count). The van der Waals surface area contributed by atoms with Crippen LogP contribution in [0.1, 0.15) is 17.5 Å². The molecule has 1 aromatic carbocycles. The summed E-state index contributed by atoms with van der Waals surface area (Å²) in [7, 11) is 1.70. The number of rotatable bonds is 5. The molecule has 7 nitrogen and oxygen atoms in total. The van der Waals surface area contributed by atoms with Gasteiger partial charge in [0.1, 0.15) is 5.82 Å². The molecule has 1 saturated heterocycles. The number of likely N-dealkylation sites (tertiary alicyclic amines) is 1. The molecule has 0 radical (unpaired) electrons. The third kappa shape index (κ3) is 3.31. The Kier molecular flexibility index (Phi) is 4.29. The predicted octanol–water partition coefficient (Wildman–Crippen LogP) is 2.21. The molecule has 1 N–H and O–H groups in total. The van der Waals surface area contributed by atoms with Crippen molar-refractivity contribution in [1.82, 2.24) is 25.3 Å². The van der Waals surface area contributed by atoms with Crippen LogP contribution in [0.4, 0.5) is 4.39 Å². The van der Waals surface area contributed by atoms with E-state index in [0.717, 1.165) is 18.8 Å². The number of hydrogen-bond acceptors (Lipinski definition) is 6. The fraction of sp³-hybridized carbons (Fsp3) is 0.353. The molecule has 0 bridgehead atoms. The number of H-pyrrole nitrogens is 1. The SMILES string of the molecule is CO[C@@H]1CN(Cc2ncc(-c3cccc(F)c3)o2)C[C@H]1c1cn[nH]n1. The third-order valence-corrected chi connectivity index (χ3v) is 4.48. The summed E-state index contributed by atoms with van der Waals surface area (Å²) in [5.74, 6) is 1.01. The minimum Gasteiger partial charge on any atom is -0.439 e. The van der Waals surface area contributed by atoms with Crippen LogP contribution in [0.3, 0.4) is 0 Å². The van der Waals surface area contributed by atoms with Gasteiger partial charge in [-0.2, -0.15) is 15.4 Å². The molecule has 3 aromatic rings. The van der Waals surface area contributed by atoms with Gasteiger partial charge in [-0.3, -0.25) is 4.90 Å². The largest absolute Gasteiger partial charge is 0.439 e. The molecule has 25 heavy (non-hydrogen) atoms. The maximum atomic E-state index is 13.3. The first-order chi connectivity index (χ1) is 12.2. The maximum absolute atomic E-state index is 13.3. The Morgan fingerprint density at radius 2 is 2.28 bits per heavy atom. The number of hydrogen-bond donors (Lipinski definition) is 1. The van der Waals surface area contributed by atoms with E-state index < -0.39 is 0 Å². The molecule has 0 spiro atoms. The molecule has 0 amide bonds. The maximum Gasteiger partial charge on any atom is 0.209 e. The average Bonchev–Trinajstić information content (AvgIpc) is 3.35. The summed E-state index contributed by atoms with van der Waals surface area (Å²) < 4.78 is 24.7. The van der Waals surface area contributed by atoms with E-state index in [0.29, 0.717) is 23.8 Å². The Balaban J connectivity index is 1.46. The molecule has 130 valence electrons. The van der Waals surface area contributed by atoms with E-state index >= 15 is 0 Å². The van der Waals surface area contributed by atoms with E-state index in [1.807, 2.05) is 0 Å². The van der Waals surface area contributed by atoms with Crippen LogP contribution < -0.4 is 0 Å². The molecule has 8 heteroatoms. The van der Waals surface area contributed by atoms with Crippen molar-refractivity contribution in [3.63, 3.8) is 0 Å². The molecular weight excluding hydrogens is 325 g/mol. The molecule has 2 atom stereocenters. The molecule has 0 unspecified atom stereocenters. The molecular formula is C17H18FN5O2. The first-order valence-corrected chi connectivity index (χ1v) is 8.04. The molecule has 2 aromatic heterocycles. The molecule has 1 fully saturated rings. The molecule has 0 aliphatic carbocycles. The second-order valence-corrected chi connectivity index (χ2v) is 6.10. The lowest BCUT2D eigenvalue weighted by atomic mass is 10.0. The Hall–Kier alpha value is -2.58. The lowest BCUT2D eigenvalue weighted by molar-refractivity contribution is 0.0949. The fourth-order valence-corrected chi connectivity index (χ4v) is 3.24. The summed E-state index contributed by atoms with van der Waals surface area (Å²) in [4.78, 5) is 6.52. The van der Waals surface area contributed by atoms with Gasteiger partial charge in [0, 0.05) is 31.7 Å². The van der Waals surface area contributed by atoms with Crippen molar-refractivity contribution in [2.75, 3.05) is 20.2 Å². The van der Waals surface area contributed by atoms with E-state index in [1.165, 1.54) is 12.1 Å². The van der Waals surface area contributed by atoms with Crippen molar-refractivity contribution in [2.24, 2.45) is 0 Å². The molecule has 0 saturated carbocycles. The van der Waals surface area contributed by atoms with Crippen molar-refractivity contribution >= 4 is 0 Å². The van der Waals surface area contributed by atoms with Crippen LogP contribution in [0.25, 0.3) is 11.3 Å². The quantitative estimate of drug-likeness (QED) is 0.765. The lowest BCUT2D eigenvalue weighted by Crippen LogP contribution is -2.22. The normalized spacial score (nSPS) is 21.0. The highest BCUT2D eigenvalue weighted by Gasteiger charge is 2.36. The first kappa shape index (κ1) is 15.9. The highest BCUT2D eigenvalue weighted by atomic mass is 19.1. The average molecular weight is 343 g/mol. The van der Waals surface area contributed by atoms with Gasteiger partial charge in [-0.1, -0.05) is 12.1 Å². The van der Waals surface area contributed by atoms with Gasteiger partial charge in [-0.05, 0) is 12.1 Å². The lowest BCUT2D eigenvalue weighted by Gasteiger charge is -2.13. The van der Waals surface area contributed by atoms with Gasteiger partial charge >= 0.3 is 0 Å². The summed E-state index contributed by atoms with van der Waals surface area (Å²) in [6.45, 7) is 2.10. The van der Waals surface area contributed by atoms with Crippen LogP contribution in [0.2, 0.25) is 0 Å². The number of oxazole rings is 1. The van der Waals surface area contributed by atoms with Gasteiger partial charge in [0.2, 0.25) is 5.89 Å². The van der Waals surface area contributed by atoms with Gasteiger partial charge in [0.05, 0.1) is 30.7 Å². The second-order valence-electron chi connectivity index (χ2n) is 6.10. The van der Waals surface area contributed by atoms with Gasteiger partial charge in [-0.15, -0.1) is 0 Å². The molecule has 1 aliphatic rings. The monoisotopic (exact) mass is 343 g/mol. The van der Waals surface area contributed by atoms with Crippen molar-refractivity contribution in [1.29, 1.82) is 0 Å². The van der Waals surface area contributed by atoms with Gasteiger partial charge in [0.25, 0.3) is 0 Å². The van der Waals surface area contributed by atoms with Crippen molar-refractivity contribution in [3.05, 3.63) is 54.1 Å². The molecule has 1 aliphatic heterocycles. The fourth-order valence-electron chi connectivity index (χ4n) is 3.24. The van der Waals surface area contributed by atoms with Crippen LogP contribution in [0.15, 0.2) is 41.1 Å². The zero-order chi connectivity index (χ0) is 17.2. The van der Waals surface area contributed by atoms with Crippen molar-refractivity contribution in [2.45, 2.75) is 18.6 Å². The molecule has 3 heterocycles. The first-order valence-electron chi connectivity index (χ1n) is 8.04. The smallest absolute Gasteiger partial charge is 0.209 e. The number of aromatic amines is 1.